The number of nitrogens with zero attached hydrogens (tertiary/aromatic N) is 2. The zero-order valence-corrected chi connectivity index (χ0v) is 12.7. The van der Waals surface area contributed by atoms with Gasteiger partial charge in [0.25, 0.3) is 0 Å². The Hall–Kier alpha value is -1.42. The summed E-state index contributed by atoms with van der Waals surface area (Å²) in [7, 11) is 0. The third-order valence-corrected chi connectivity index (χ3v) is 4.10. The molecule has 0 aliphatic carbocycles. The van der Waals surface area contributed by atoms with Crippen LogP contribution in [-0.4, -0.2) is 16.5 Å². The van der Waals surface area contributed by atoms with Gasteiger partial charge in [0.1, 0.15) is 5.82 Å². The zero-order valence-electron chi connectivity index (χ0n) is 11.9. The van der Waals surface area contributed by atoms with Crippen molar-refractivity contribution in [3.05, 3.63) is 28.8 Å². The molecule has 0 saturated heterocycles. The molecule has 102 valence electrons. The molecule has 0 amide bonds. The molecule has 0 fully saturated rings. The van der Waals surface area contributed by atoms with E-state index in [0.717, 1.165) is 48.0 Å². The average Bonchev–Trinajstić information content (AvgIpc) is 2.88. The summed E-state index contributed by atoms with van der Waals surface area (Å²) in [5.41, 5.74) is 1.12. The van der Waals surface area contributed by atoms with E-state index < -0.39 is 0 Å². The van der Waals surface area contributed by atoms with E-state index >= 15 is 0 Å². The minimum atomic E-state index is 0.853. The normalized spacial score (nSPS) is 10.7. The van der Waals surface area contributed by atoms with Gasteiger partial charge in [-0.15, -0.1) is 11.3 Å². The molecule has 1 N–H and O–H groups in total. The van der Waals surface area contributed by atoms with Crippen molar-refractivity contribution in [2.75, 3.05) is 11.9 Å². The number of thiophene rings is 1. The van der Waals surface area contributed by atoms with Crippen LogP contribution in [0.15, 0.2) is 18.2 Å². The van der Waals surface area contributed by atoms with Gasteiger partial charge in [0.2, 0.25) is 0 Å². The summed E-state index contributed by atoms with van der Waals surface area (Å²) >= 11 is 1.79. The summed E-state index contributed by atoms with van der Waals surface area (Å²) < 4.78 is 0. The number of rotatable bonds is 6. The quantitative estimate of drug-likeness (QED) is 0.860. The monoisotopic (exact) mass is 275 g/mol. The fourth-order valence-electron chi connectivity index (χ4n) is 1.95. The van der Waals surface area contributed by atoms with Crippen LogP contribution in [0.5, 0.6) is 0 Å². The molecule has 0 bridgehead atoms. The van der Waals surface area contributed by atoms with Crippen LogP contribution in [0.3, 0.4) is 0 Å². The number of aromatic nitrogens is 2. The predicted molar refractivity (Wildman–Crippen MR) is 82.9 cm³/mol. The van der Waals surface area contributed by atoms with Crippen LogP contribution in [0.2, 0.25) is 0 Å². The van der Waals surface area contributed by atoms with Crippen molar-refractivity contribution in [1.29, 1.82) is 0 Å². The molecule has 0 unspecified atom stereocenters. The second-order valence-electron chi connectivity index (χ2n) is 4.47. The largest absolute Gasteiger partial charge is 0.370 e. The van der Waals surface area contributed by atoms with Crippen molar-refractivity contribution in [1.82, 2.24) is 9.97 Å². The van der Waals surface area contributed by atoms with Gasteiger partial charge < -0.3 is 5.32 Å². The lowest BCUT2D eigenvalue weighted by molar-refractivity contribution is 0.875. The lowest BCUT2D eigenvalue weighted by Crippen LogP contribution is -2.03. The SMILES string of the molecule is CCCc1cc(NCC)nc(-c2ccc(CC)s2)n1. The Morgan fingerprint density at radius 1 is 1.16 bits per heavy atom. The molecule has 2 aromatic rings. The lowest BCUT2D eigenvalue weighted by atomic mass is 10.2. The van der Waals surface area contributed by atoms with Crippen LogP contribution in [0.1, 0.15) is 37.8 Å². The molecule has 0 saturated carbocycles. The first kappa shape index (κ1) is 14.0. The average molecular weight is 275 g/mol. The van der Waals surface area contributed by atoms with Gasteiger partial charge in [-0.3, -0.25) is 0 Å². The summed E-state index contributed by atoms with van der Waals surface area (Å²) in [6, 6.07) is 6.36. The Morgan fingerprint density at radius 3 is 2.63 bits per heavy atom. The maximum Gasteiger partial charge on any atom is 0.171 e. The van der Waals surface area contributed by atoms with Crippen LogP contribution < -0.4 is 5.32 Å². The molecule has 0 aliphatic rings. The fraction of sp³-hybridized carbons (Fsp3) is 0.467. The Balaban J connectivity index is 2.36. The zero-order chi connectivity index (χ0) is 13.7. The molecule has 0 radical (unpaired) electrons. The molecule has 2 heterocycles. The van der Waals surface area contributed by atoms with Crippen molar-refractivity contribution in [3.63, 3.8) is 0 Å². The molecule has 3 nitrogen and oxygen atoms in total. The fourth-order valence-corrected chi connectivity index (χ4v) is 2.83. The summed E-state index contributed by atoms with van der Waals surface area (Å²) in [6.45, 7) is 7.32. The van der Waals surface area contributed by atoms with Crippen molar-refractivity contribution >= 4 is 17.2 Å². The van der Waals surface area contributed by atoms with Crippen LogP contribution in [-0.2, 0) is 12.8 Å². The second-order valence-corrected chi connectivity index (χ2v) is 5.64. The lowest BCUT2D eigenvalue weighted by Gasteiger charge is -2.07. The van der Waals surface area contributed by atoms with E-state index in [1.54, 1.807) is 11.3 Å². The molecule has 19 heavy (non-hydrogen) atoms. The van der Waals surface area contributed by atoms with E-state index in [4.69, 9.17) is 0 Å². The smallest absolute Gasteiger partial charge is 0.171 e. The first-order valence-electron chi connectivity index (χ1n) is 6.97. The van der Waals surface area contributed by atoms with Crippen LogP contribution >= 0.6 is 11.3 Å². The Morgan fingerprint density at radius 2 is 2.00 bits per heavy atom. The number of nitrogens with one attached hydrogen (secondary N) is 1. The topological polar surface area (TPSA) is 37.8 Å². The van der Waals surface area contributed by atoms with Crippen molar-refractivity contribution in [3.8, 4) is 10.7 Å². The highest BCUT2D eigenvalue weighted by Gasteiger charge is 2.08. The van der Waals surface area contributed by atoms with Crippen LogP contribution in [0, 0.1) is 0 Å². The van der Waals surface area contributed by atoms with Crippen molar-refractivity contribution < 1.29 is 0 Å². The molecule has 0 spiro atoms. The van der Waals surface area contributed by atoms with E-state index in [-0.39, 0.29) is 0 Å². The highest BCUT2D eigenvalue weighted by molar-refractivity contribution is 7.15. The highest BCUT2D eigenvalue weighted by atomic mass is 32.1. The second kappa shape index (κ2) is 6.66. The number of hydrogen-bond donors (Lipinski definition) is 1. The number of hydrogen-bond acceptors (Lipinski definition) is 4. The first-order chi connectivity index (χ1) is 9.26. The molecule has 4 heteroatoms. The summed E-state index contributed by atoms with van der Waals surface area (Å²) in [5.74, 6) is 1.79. The molecule has 2 rings (SSSR count). The van der Waals surface area contributed by atoms with Gasteiger partial charge in [-0.2, -0.15) is 0 Å². The predicted octanol–water partition coefficient (Wildman–Crippen LogP) is 4.15. The Bertz CT molecular complexity index is 510. The van der Waals surface area contributed by atoms with Gasteiger partial charge >= 0.3 is 0 Å². The number of aryl methyl sites for hydroxylation is 2. The Kier molecular flexibility index (Phi) is 4.91. The minimum Gasteiger partial charge on any atom is -0.370 e. The summed E-state index contributed by atoms with van der Waals surface area (Å²) in [6.07, 6.45) is 3.17. The first-order valence-corrected chi connectivity index (χ1v) is 7.79. The van der Waals surface area contributed by atoms with Gasteiger partial charge in [-0.1, -0.05) is 20.3 Å². The third-order valence-electron chi connectivity index (χ3n) is 2.87. The van der Waals surface area contributed by atoms with Crippen molar-refractivity contribution in [2.24, 2.45) is 0 Å². The Labute approximate surface area is 119 Å². The number of anilines is 1. The van der Waals surface area contributed by atoms with Gasteiger partial charge in [0, 0.05) is 23.2 Å². The molecule has 2 aromatic heterocycles. The van der Waals surface area contributed by atoms with Crippen LogP contribution in [0.4, 0.5) is 5.82 Å². The van der Waals surface area contributed by atoms with Gasteiger partial charge in [0.15, 0.2) is 5.82 Å². The summed E-state index contributed by atoms with van der Waals surface area (Å²) in [4.78, 5) is 11.8. The van der Waals surface area contributed by atoms with Gasteiger partial charge in [0.05, 0.1) is 4.88 Å². The molecular weight excluding hydrogens is 254 g/mol. The van der Waals surface area contributed by atoms with E-state index in [0.29, 0.717) is 0 Å². The maximum absolute atomic E-state index is 4.68. The molecule has 0 atom stereocenters. The van der Waals surface area contributed by atoms with E-state index in [2.05, 4.69) is 54.3 Å². The molecule has 0 aliphatic heterocycles. The summed E-state index contributed by atoms with van der Waals surface area (Å²) in [5, 5.41) is 3.29. The van der Waals surface area contributed by atoms with Gasteiger partial charge in [-0.05, 0) is 31.9 Å². The maximum atomic E-state index is 4.68. The van der Waals surface area contributed by atoms with E-state index in [1.807, 2.05) is 0 Å². The standard InChI is InChI=1S/C15H21N3S/c1-4-7-11-10-14(16-6-3)18-15(17-11)13-9-8-12(5-2)19-13/h8-10H,4-7H2,1-3H3,(H,16,17,18). The minimum absolute atomic E-state index is 0.853. The molecular formula is C15H21N3S. The molecule has 0 aromatic carbocycles. The van der Waals surface area contributed by atoms with Crippen molar-refractivity contribution in [2.45, 2.75) is 40.0 Å². The highest BCUT2D eigenvalue weighted by Crippen LogP contribution is 2.27. The van der Waals surface area contributed by atoms with Crippen LogP contribution in [0.25, 0.3) is 10.7 Å². The third kappa shape index (κ3) is 3.53. The van der Waals surface area contributed by atoms with E-state index in [1.165, 1.54) is 4.88 Å². The van der Waals surface area contributed by atoms with Gasteiger partial charge in [-0.25, -0.2) is 9.97 Å². The van der Waals surface area contributed by atoms with E-state index in [9.17, 15) is 0 Å².